The van der Waals surface area contributed by atoms with Crippen LogP contribution in [0.5, 0.6) is 11.5 Å². The fraction of sp³-hybridized carbons (Fsp3) is 0.333. The summed E-state index contributed by atoms with van der Waals surface area (Å²) in [5.41, 5.74) is 7.31. The first-order valence-corrected chi connectivity index (χ1v) is 7.09. The van der Waals surface area contributed by atoms with Crippen molar-refractivity contribution in [2.45, 2.75) is 18.9 Å². The molecule has 1 heterocycles. The van der Waals surface area contributed by atoms with Gasteiger partial charge in [0.05, 0.1) is 14.2 Å². The Morgan fingerprint density at radius 2 is 2.00 bits per heavy atom. The third kappa shape index (κ3) is 3.72. The molecule has 0 aliphatic rings. The van der Waals surface area contributed by atoms with Crippen molar-refractivity contribution < 1.29 is 9.47 Å². The van der Waals surface area contributed by atoms with E-state index in [1.807, 2.05) is 18.2 Å². The smallest absolute Gasteiger partial charge is 0.122 e. The monoisotopic (exact) mass is 277 g/mol. The summed E-state index contributed by atoms with van der Waals surface area (Å²) < 4.78 is 10.6. The fourth-order valence-corrected chi connectivity index (χ4v) is 2.88. The van der Waals surface area contributed by atoms with E-state index in [9.17, 15) is 0 Å². The van der Waals surface area contributed by atoms with E-state index in [0.29, 0.717) is 0 Å². The van der Waals surface area contributed by atoms with Crippen molar-refractivity contribution in [3.05, 3.63) is 46.2 Å². The lowest BCUT2D eigenvalue weighted by molar-refractivity contribution is 0.397. The van der Waals surface area contributed by atoms with Crippen molar-refractivity contribution in [2.24, 2.45) is 5.73 Å². The van der Waals surface area contributed by atoms with Gasteiger partial charge in [0, 0.05) is 10.9 Å². The molecule has 0 bridgehead atoms. The number of hydrogen-bond acceptors (Lipinski definition) is 4. The molecular formula is C15H19NO2S. The van der Waals surface area contributed by atoms with Crippen LogP contribution in [0.4, 0.5) is 0 Å². The molecule has 2 rings (SSSR count). The maximum absolute atomic E-state index is 6.22. The zero-order chi connectivity index (χ0) is 13.7. The number of methoxy groups -OCH3 is 2. The van der Waals surface area contributed by atoms with E-state index < -0.39 is 0 Å². The molecule has 1 aromatic carbocycles. The van der Waals surface area contributed by atoms with Crippen molar-refractivity contribution in [1.29, 1.82) is 0 Å². The Hall–Kier alpha value is -1.52. The predicted octanol–water partition coefficient (Wildman–Crippen LogP) is 2.88. The van der Waals surface area contributed by atoms with E-state index in [-0.39, 0.29) is 6.04 Å². The molecular weight excluding hydrogens is 258 g/mol. The molecule has 102 valence electrons. The van der Waals surface area contributed by atoms with Crippen molar-refractivity contribution >= 4 is 11.3 Å². The van der Waals surface area contributed by atoms with Gasteiger partial charge in [0.1, 0.15) is 11.5 Å². The Labute approximate surface area is 118 Å². The molecule has 0 radical (unpaired) electrons. The molecule has 4 heteroatoms. The molecule has 0 saturated carbocycles. The SMILES string of the molecule is COc1ccc(OC)c(CC(N)Cc2cccs2)c1. The highest BCUT2D eigenvalue weighted by Gasteiger charge is 2.11. The van der Waals surface area contributed by atoms with Crippen LogP contribution in [0.25, 0.3) is 0 Å². The van der Waals surface area contributed by atoms with Crippen LogP contribution in [0.15, 0.2) is 35.7 Å². The minimum absolute atomic E-state index is 0.0830. The number of hydrogen-bond donors (Lipinski definition) is 1. The van der Waals surface area contributed by atoms with Crippen LogP contribution in [0, 0.1) is 0 Å². The molecule has 1 aromatic heterocycles. The summed E-state index contributed by atoms with van der Waals surface area (Å²) in [6.07, 6.45) is 1.66. The van der Waals surface area contributed by atoms with Gasteiger partial charge in [0.25, 0.3) is 0 Å². The van der Waals surface area contributed by atoms with Gasteiger partial charge in [-0.15, -0.1) is 11.3 Å². The van der Waals surface area contributed by atoms with Crippen LogP contribution < -0.4 is 15.2 Å². The summed E-state index contributed by atoms with van der Waals surface area (Å²) in [5, 5.41) is 2.08. The summed E-state index contributed by atoms with van der Waals surface area (Å²) in [6.45, 7) is 0. The molecule has 0 aliphatic heterocycles. The Kier molecular flexibility index (Phi) is 4.82. The minimum atomic E-state index is 0.0830. The first-order valence-electron chi connectivity index (χ1n) is 6.21. The summed E-state index contributed by atoms with van der Waals surface area (Å²) >= 11 is 1.74. The largest absolute Gasteiger partial charge is 0.497 e. The van der Waals surface area contributed by atoms with Gasteiger partial charge in [0.15, 0.2) is 0 Å². The molecule has 0 fully saturated rings. The average Bonchev–Trinajstić information content (AvgIpc) is 2.91. The van der Waals surface area contributed by atoms with Crippen molar-refractivity contribution in [3.8, 4) is 11.5 Å². The molecule has 1 unspecified atom stereocenters. The predicted molar refractivity (Wildman–Crippen MR) is 79.2 cm³/mol. The van der Waals surface area contributed by atoms with Crippen LogP contribution >= 0.6 is 11.3 Å². The summed E-state index contributed by atoms with van der Waals surface area (Å²) in [5.74, 6) is 1.70. The third-order valence-corrected chi connectivity index (χ3v) is 3.91. The Morgan fingerprint density at radius 1 is 1.16 bits per heavy atom. The van der Waals surface area contributed by atoms with E-state index >= 15 is 0 Å². The maximum atomic E-state index is 6.22. The van der Waals surface area contributed by atoms with E-state index in [4.69, 9.17) is 15.2 Å². The Morgan fingerprint density at radius 3 is 2.63 bits per heavy atom. The minimum Gasteiger partial charge on any atom is -0.497 e. The first-order chi connectivity index (χ1) is 9.22. The Balaban J connectivity index is 2.08. The highest BCUT2D eigenvalue weighted by molar-refractivity contribution is 7.09. The quantitative estimate of drug-likeness (QED) is 0.883. The second-order valence-corrected chi connectivity index (χ2v) is 5.46. The lowest BCUT2D eigenvalue weighted by Crippen LogP contribution is -2.25. The second kappa shape index (κ2) is 6.59. The second-order valence-electron chi connectivity index (χ2n) is 4.43. The maximum Gasteiger partial charge on any atom is 0.122 e. The van der Waals surface area contributed by atoms with E-state index in [0.717, 1.165) is 29.9 Å². The number of benzene rings is 1. The Bertz CT molecular complexity index is 511. The number of rotatable bonds is 6. The normalized spacial score (nSPS) is 12.2. The van der Waals surface area contributed by atoms with E-state index in [1.54, 1.807) is 25.6 Å². The zero-order valence-electron chi connectivity index (χ0n) is 11.3. The van der Waals surface area contributed by atoms with Crippen LogP contribution in [-0.2, 0) is 12.8 Å². The molecule has 0 amide bonds. The number of thiophene rings is 1. The van der Waals surface area contributed by atoms with Gasteiger partial charge < -0.3 is 15.2 Å². The van der Waals surface area contributed by atoms with Gasteiger partial charge in [-0.1, -0.05) is 6.07 Å². The molecule has 2 N–H and O–H groups in total. The topological polar surface area (TPSA) is 44.5 Å². The van der Waals surface area contributed by atoms with Gasteiger partial charge in [-0.3, -0.25) is 0 Å². The summed E-state index contributed by atoms with van der Waals surface area (Å²) in [6, 6.07) is 10.1. The van der Waals surface area contributed by atoms with Gasteiger partial charge in [0.2, 0.25) is 0 Å². The highest BCUT2D eigenvalue weighted by Crippen LogP contribution is 2.25. The summed E-state index contributed by atoms with van der Waals surface area (Å²) in [7, 11) is 3.34. The molecule has 0 aliphatic carbocycles. The highest BCUT2D eigenvalue weighted by atomic mass is 32.1. The fourth-order valence-electron chi connectivity index (χ4n) is 2.08. The van der Waals surface area contributed by atoms with Crippen LogP contribution in [0.2, 0.25) is 0 Å². The van der Waals surface area contributed by atoms with Gasteiger partial charge in [-0.05, 0) is 48.1 Å². The van der Waals surface area contributed by atoms with Crippen LogP contribution in [0.3, 0.4) is 0 Å². The molecule has 0 saturated heterocycles. The van der Waals surface area contributed by atoms with Crippen LogP contribution in [0.1, 0.15) is 10.4 Å². The lowest BCUT2D eigenvalue weighted by atomic mass is 10.0. The van der Waals surface area contributed by atoms with Gasteiger partial charge in [-0.25, -0.2) is 0 Å². The van der Waals surface area contributed by atoms with E-state index in [2.05, 4.69) is 17.5 Å². The first kappa shape index (κ1) is 13.9. The van der Waals surface area contributed by atoms with Crippen molar-refractivity contribution in [1.82, 2.24) is 0 Å². The average molecular weight is 277 g/mol. The standard InChI is InChI=1S/C15H19NO2S/c1-17-13-5-6-15(18-2)11(9-13)8-12(16)10-14-4-3-7-19-14/h3-7,9,12H,8,10,16H2,1-2H3. The summed E-state index contributed by atoms with van der Waals surface area (Å²) in [4.78, 5) is 1.31. The lowest BCUT2D eigenvalue weighted by Gasteiger charge is -2.14. The van der Waals surface area contributed by atoms with E-state index in [1.165, 1.54) is 4.88 Å². The third-order valence-electron chi connectivity index (χ3n) is 3.01. The molecule has 19 heavy (non-hydrogen) atoms. The van der Waals surface area contributed by atoms with Gasteiger partial charge >= 0.3 is 0 Å². The number of nitrogens with two attached hydrogens (primary N) is 1. The molecule has 0 spiro atoms. The number of ether oxygens (including phenoxy) is 2. The van der Waals surface area contributed by atoms with Gasteiger partial charge in [-0.2, -0.15) is 0 Å². The molecule has 1 atom stereocenters. The van der Waals surface area contributed by atoms with Crippen molar-refractivity contribution in [3.63, 3.8) is 0 Å². The molecule has 3 nitrogen and oxygen atoms in total. The molecule has 2 aromatic rings. The van der Waals surface area contributed by atoms with Crippen LogP contribution in [-0.4, -0.2) is 20.3 Å². The van der Waals surface area contributed by atoms with Crippen molar-refractivity contribution in [2.75, 3.05) is 14.2 Å². The zero-order valence-corrected chi connectivity index (χ0v) is 12.1.